The number of benzene rings is 1. The van der Waals surface area contributed by atoms with Gasteiger partial charge in [0.15, 0.2) is 0 Å². The standard InChI is InChI=1S/C28H41N5O/c1-3-19-32(20-4-2)21-8-6-5-7-10-24-12-14-25(15-13-24)28(34)33(22-26-11-9-16-29-26)23-27-30-17-18-31-27/h9,12-18H,3-8,10-11,19-23H2,1-2H3,(H,30,31). The predicted octanol–water partition coefficient (Wildman–Crippen LogP) is 5.64. The molecular weight excluding hydrogens is 422 g/mol. The Morgan fingerprint density at radius 1 is 0.971 bits per heavy atom. The smallest absolute Gasteiger partial charge is 0.254 e. The van der Waals surface area contributed by atoms with Gasteiger partial charge in [-0.1, -0.05) is 44.9 Å². The Balaban J connectivity index is 1.45. The van der Waals surface area contributed by atoms with E-state index in [1.807, 2.05) is 29.3 Å². The second-order valence-electron chi connectivity index (χ2n) is 9.18. The van der Waals surface area contributed by atoms with Crippen LogP contribution in [0.1, 0.15) is 80.5 Å². The molecule has 0 spiro atoms. The molecular formula is C28H41N5O. The monoisotopic (exact) mass is 463 g/mol. The van der Waals surface area contributed by atoms with E-state index in [4.69, 9.17) is 0 Å². The van der Waals surface area contributed by atoms with Crippen LogP contribution in [-0.4, -0.2) is 57.6 Å². The van der Waals surface area contributed by atoms with Gasteiger partial charge in [-0.25, -0.2) is 4.98 Å². The Kier molecular flexibility index (Phi) is 11.0. The van der Waals surface area contributed by atoms with Crippen LogP contribution in [0.5, 0.6) is 0 Å². The molecule has 6 heteroatoms. The summed E-state index contributed by atoms with van der Waals surface area (Å²) < 4.78 is 0. The molecule has 1 aliphatic heterocycles. The average molecular weight is 464 g/mol. The van der Waals surface area contributed by atoms with Crippen LogP contribution in [-0.2, 0) is 13.0 Å². The van der Waals surface area contributed by atoms with Crippen molar-refractivity contribution in [2.24, 2.45) is 4.99 Å². The van der Waals surface area contributed by atoms with E-state index < -0.39 is 0 Å². The number of amides is 1. The number of aromatic nitrogens is 2. The average Bonchev–Trinajstić information content (AvgIpc) is 3.56. The van der Waals surface area contributed by atoms with E-state index in [0.717, 1.165) is 24.4 Å². The molecule has 1 aliphatic rings. The summed E-state index contributed by atoms with van der Waals surface area (Å²) in [7, 11) is 0. The Bertz CT molecular complexity index is 895. The molecule has 2 heterocycles. The highest BCUT2D eigenvalue weighted by molar-refractivity contribution is 5.98. The topological polar surface area (TPSA) is 64.6 Å². The molecule has 2 aromatic rings. The van der Waals surface area contributed by atoms with Crippen LogP contribution in [0.4, 0.5) is 0 Å². The van der Waals surface area contributed by atoms with Gasteiger partial charge in [0.1, 0.15) is 5.82 Å². The van der Waals surface area contributed by atoms with Gasteiger partial charge in [0.05, 0.1) is 13.1 Å². The van der Waals surface area contributed by atoms with Gasteiger partial charge in [0, 0.05) is 36.3 Å². The molecule has 6 nitrogen and oxygen atoms in total. The summed E-state index contributed by atoms with van der Waals surface area (Å²) in [6, 6.07) is 8.15. The van der Waals surface area contributed by atoms with Crippen LogP contribution >= 0.6 is 0 Å². The highest BCUT2D eigenvalue weighted by Gasteiger charge is 2.19. The first-order valence-corrected chi connectivity index (χ1v) is 13.0. The molecule has 184 valence electrons. The molecule has 0 saturated heterocycles. The van der Waals surface area contributed by atoms with E-state index in [1.165, 1.54) is 63.7 Å². The van der Waals surface area contributed by atoms with E-state index in [2.05, 4.69) is 45.8 Å². The zero-order valence-corrected chi connectivity index (χ0v) is 21.0. The first kappa shape index (κ1) is 25.9. The number of aromatic amines is 1. The number of imidazole rings is 1. The number of nitrogens with zero attached hydrogens (tertiary/aromatic N) is 4. The number of aryl methyl sites for hydroxylation is 1. The van der Waals surface area contributed by atoms with Gasteiger partial charge in [0.2, 0.25) is 0 Å². The Labute approximate surface area is 205 Å². The predicted molar refractivity (Wildman–Crippen MR) is 140 cm³/mol. The first-order chi connectivity index (χ1) is 16.7. The highest BCUT2D eigenvalue weighted by Crippen LogP contribution is 2.14. The van der Waals surface area contributed by atoms with Gasteiger partial charge in [-0.2, -0.15) is 0 Å². The van der Waals surface area contributed by atoms with E-state index >= 15 is 0 Å². The lowest BCUT2D eigenvalue weighted by Crippen LogP contribution is -2.35. The van der Waals surface area contributed by atoms with Gasteiger partial charge >= 0.3 is 0 Å². The molecule has 1 N–H and O–H groups in total. The quantitative estimate of drug-likeness (QED) is 0.328. The van der Waals surface area contributed by atoms with Gasteiger partial charge in [-0.3, -0.25) is 9.79 Å². The normalized spacial score (nSPS) is 13.0. The second-order valence-corrected chi connectivity index (χ2v) is 9.18. The summed E-state index contributed by atoms with van der Waals surface area (Å²) >= 11 is 0. The van der Waals surface area contributed by atoms with Crippen LogP contribution < -0.4 is 0 Å². The Morgan fingerprint density at radius 3 is 2.38 bits per heavy atom. The largest absolute Gasteiger partial charge is 0.347 e. The lowest BCUT2D eigenvalue weighted by molar-refractivity contribution is 0.0765. The molecule has 0 saturated carbocycles. The van der Waals surface area contributed by atoms with Gasteiger partial charge in [0.25, 0.3) is 5.91 Å². The zero-order valence-electron chi connectivity index (χ0n) is 21.0. The summed E-state index contributed by atoms with van der Waals surface area (Å²) in [4.78, 5) is 29.5. The molecule has 0 atom stereocenters. The number of nitrogens with one attached hydrogen (secondary N) is 1. The van der Waals surface area contributed by atoms with Crippen LogP contribution in [0.25, 0.3) is 0 Å². The highest BCUT2D eigenvalue weighted by atomic mass is 16.2. The number of carbonyl (C=O) groups is 1. The number of unbranched alkanes of at least 4 members (excludes halogenated alkanes) is 3. The lowest BCUT2D eigenvalue weighted by Gasteiger charge is -2.22. The fourth-order valence-corrected chi connectivity index (χ4v) is 4.47. The number of aliphatic imine (C=N–C) groups is 1. The van der Waals surface area contributed by atoms with Crippen molar-refractivity contribution < 1.29 is 4.79 Å². The van der Waals surface area contributed by atoms with Crippen molar-refractivity contribution in [1.29, 1.82) is 0 Å². The van der Waals surface area contributed by atoms with Crippen LogP contribution in [0.2, 0.25) is 0 Å². The fourth-order valence-electron chi connectivity index (χ4n) is 4.47. The SMILES string of the molecule is CCCN(CCC)CCCCCCc1ccc(C(=O)N(CC2=NC=CC2)Cc2ncc[nH]2)cc1. The Morgan fingerprint density at radius 2 is 1.74 bits per heavy atom. The minimum Gasteiger partial charge on any atom is -0.347 e. The van der Waals surface area contributed by atoms with Crippen molar-refractivity contribution in [3.63, 3.8) is 0 Å². The number of rotatable bonds is 16. The number of carbonyl (C=O) groups excluding carboxylic acids is 1. The van der Waals surface area contributed by atoms with E-state index in [0.29, 0.717) is 18.7 Å². The number of hydrogen-bond acceptors (Lipinski definition) is 4. The van der Waals surface area contributed by atoms with E-state index in [9.17, 15) is 4.79 Å². The zero-order chi connectivity index (χ0) is 24.0. The molecule has 0 bridgehead atoms. The summed E-state index contributed by atoms with van der Waals surface area (Å²) in [5.74, 6) is 0.797. The molecule has 0 fully saturated rings. The fraction of sp³-hybridized carbons (Fsp3) is 0.536. The second kappa shape index (κ2) is 14.5. The molecule has 0 aliphatic carbocycles. The maximum Gasteiger partial charge on any atom is 0.254 e. The summed E-state index contributed by atoms with van der Waals surface area (Å²) in [5, 5.41) is 0. The minimum absolute atomic E-state index is 0.0151. The Hall–Kier alpha value is -2.73. The molecule has 1 aromatic carbocycles. The first-order valence-electron chi connectivity index (χ1n) is 13.0. The van der Waals surface area contributed by atoms with Crippen LogP contribution in [0.3, 0.4) is 0 Å². The third-order valence-electron chi connectivity index (χ3n) is 6.24. The molecule has 3 rings (SSSR count). The molecule has 34 heavy (non-hydrogen) atoms. The molecule has 0 radical (unpaired) electrons. The van der Waals surface area contributed by atoms with Gasteiger partial charge in [-0.15, -0.1) is 0 Å². The van der Waals surface area contributed by atoms with Crippen molar-refractivity contribution in [2.45, 2.75) is 71.8 Å². The maximum atomic E-state index is 13.3. The summed E-state index contributed by atoms with van der Waals surface area (Å²) in [5.41, 5.74) is 3.02. The minimum atomic E-state index is 0.0151. The third-order valence-corrected chi connectivity index (χ3v) is 6.24. The van der Waals surface area contributed by atoms with Crippen LogP contribution in [0, 0.1) is 0 Å². The van der Waals surface area contributed by atoms with Crippen molar-refractivity contribution in [1.82, 2.24) is 19.8 Å². The maximum absolute atomic E-state index is 13.3. The van der Waals surface area contributed by atoms with Gasteiger partial charge < -0.3 is 14.8 Å². The van der Waals surface area contributed by atoms with E-state index in [-0.39, 0.29) is 5.91 Å². The molecule has 1 aromatic heterocycles. The third kappa shape index (κ3) is 8.56. The lowest BCUT2D eigenvalue weighted by atomic mass is 10.0. The molecule has 1 amide bonds. The van der Waals surface area contributed by atoms with E-state index in [1.54, 1.807) is 12.4 Å². The van der Waals surface area contributed by atoms with Crippen LogP contribution in [0.15, 0.2) is 53.9 Å². The number of H-pyrrole nitrogens is 1. The van der Waals surface area contributed by atoms with Crippen molar-refractivity contribution >= 4 is 11.6 Å². The molecule has 0 unspecified atom stereocenters. The number of hydrogen-bond donors (Lipinski definition) is 1. The van der Waals surface area contributed by atoms with Crippen molar-refractivity contribution in [3.8, 4) is 0 Å². The number of allylic oxidation sites excluding steroid dienone is 1. The summed E-state index contributed by atoms with van der Waals surface area (Å²) in [6.45, 7) is 9.17. The summed E-state index contributed by atoms with van der Waals surface area (Å²) in [6.07, 6.45) is 16.7. The van der Waals surface area contributed by atoms with Crippen molar-refractivity contribution in [3.05, 3.63) is 65.9 Å². The van der Waals surface area contributed by atoms with Gasteiger partial charge in [-0.05, 0) is 69.4 Å². The van der Waals surface area contributed by atoms with Crippen molar-refractivity contribution in [2.75, 3.05) is 26.2 Å².